The summed E-state index contributed by atoms with van der Waals surface area (Å²) in [6, 6.07) is 5.51. The molecule has 1 aromatic carbocycles. The Hall–Kier alpha value is -1.94. The molecule has 1 aromatic rings. The molecule has 0 amide bonds. The molecular formula is C15H24N4. The van der Waals surface area contributed by atoms with Gasteiger partial charge < -0.3 is 22.9 Å². The monoisotopic (exact) mass is 260 g/mol. The van der Waals surface area contributed by atoms with Crippen molar-refractivity contribution in [3.05, 3.63) is 47.7 Å². The van der Waals surface area contributed by atoms with Crippen molar-refractivity contribution in [2.45, 2.75) is 26.3 Å². The van der Waals surface area contributed by atoms with Crippen molar-refractivity contribution in [3.63, 3.8) is 0 Å². The number of allylic oxidation sites excluding steroid dienone is 1. The molecule has 104 valence electrons. The lowest BCUT2D eigenvalue weighted by Gasteiger charge is -2.29. The average molecular weight is 260 g/mol. The van der Waals surface area contributed by atoms with E-state index in [0.29, 0.717) is 5.92 Å². The van der Waals surface area contributed by atoms with Crippen molar-refractivity contribution in [2.75, 3.05) is 11.5 Å². The summed E-state index contributed by atoms with van der Waals surface area (Å²) >= 11 is 0. The van der Waals surface area contributed by atoms with Crippen molar-refractivity contribution in [3.8, 4) is 0 Å². The maximum atomic E-state index is 5.90. The van der Waals surface area contributed by atoms with E-state index >= 15 is 0 Å². The van der Waals surface area contributed by atoms with Crippen LogP contribution in [0.15, 0.2) is 42.1 Å². The fraction of sp³-hybridized carbons (Fsp3) is 0.333. The van der Waals surface area contributed by atoms with Gasteiger partial charge in [-0.15, -0.1) is 0 Å². The second-order valence-corrected chi connectivity index (χ2v) is 5.27. The standard InChI is InChI=1S/C8H14N2.C7H10N2/c1-6-3-4-7(9)5-8(6,2)10;1-5-2-3-6(8)4-7(5)9/h3-6H,9-10H2,1-2H3;2-4H,8-9H2,1H3. The molecule has 1 aliphatic rings. The Morgan fingerprint density at radius 3 is 2.21 bits per heavy atom. The Kier molecular flexibility index (Phi) is 4.62. The number of nitrogens with two attached hydrogens (primary N) is 4. The molecule has 0 saturated heterocycles. The Morgan fingerprint density at radius 1 is 1.16 bits per heavy atom. The van der Waals surface area contributed by atoms with E-state index in [1.54, 1.807) is 6.07 Å². The highest BCUT2D eigenvalue weighted by Crippen LogP contribution is 2.21. The number of rotatable bonds is 0. The van der Waals surface area contributed by atoms with Crippen molar-refractivity contribution >= 4 is 11.4 Å². The molecular weight excluding hydrogens is 236 g/mol. The summed E-state index contributed by atoms with van der Waals surface area (Å²) in [7, 11) is 0. The van der Waals surface area contributed by atoms with Crippen LogP contribution in [-0.2, 0) is 0 Å². The fourth-order valence-corrected chi connectivity index (χ4v) is 1.66. The third-order valence-corrected chi connectivity index (χ3v) is 3.34. The second kappa shape index (κ2) is 5.80. The molecule has 0 heterocycles. The maximum Gasteiger partial charge on any atom is 0.0394 e. The summed E-state index contributed by atoms with van der Waals surface area (Å²) in [5.74, 6) is 0.375. The molecule has 2 unspecified atom stereocenters. The molecule has 4 heteroatoms. The Balaban J connectivity index is 0.000000191. The molecule has 2 atom stereocenters. The van der Waals surface area contributed by atoms with Crippen LogP contribution in [0.3, 0.4) is 0 Å². The maximum absolute atomic E-state index is 5.90. The molecule has 4 nitrogen and oxygen atoms in total. The first kappa shape index (κ1) is 15.1. The smallest absolute Gasteiger partial charge is 0.0394 e. The summed E-state index contributed by atoms with van der Waals surface area (Å²) in [6.07, 6.45) is 5.84. The van der Waals surface area contributed by atoms with Crippen LogP contribution in [-0.4, -0.2) is 5.54 Å². The molecule has 0 aliphatic heterocycles. The zero-order valence-electron chi connectivity index (χ0n) is 11.9. The lowest BCUT2D eigenvalue weighted by atomic mass is 9.84. The first-order valence-electron chi connectivity index (χ1n) is 6.29. The molecule has 0 aromatic heterocycles. The predicted molar refractivity (Wildman–Crippen MR) is 83.2 cm³/mol. The van der Waals surface area contributed by atoms with Crippen LogP contribution < -0.4 is 22.9 Å². The summed E-state index contributed by atoms with van der Waals surface area (Å²) in [6.45, 7) is 6.02. The van der Waals surface area contributed by atoms with E-state index in [2.05, 4.69) is 6.92 Å². The summed E-state index contributed by atoms with van der Waals surface area (Å²) in [5, 5.41) is 0. The van der Waals surface area contributed by atoms with Crippen molar-refractivity contribution in [2.24, 2.45) is 17.4 Å². The minimum atomic E-state index is -0.265. The van der Waals surface area contributed by atoms with Gasteiger partial charge in [0.2, 0.25) is 0 Å². The highest BCUT2D eigenvalue weighted by molar-refractivity contribution is 5.55. The van der Waals surface area contributed by atoms with E-state index in [-0.39, 0.29) is 5.54 Å². The topological polar surface area (TPSA) is 104 Å². The van der Waals surface area contributed by atoms with Gasteiger partial charge in [-0.25, -0.2) is 0 Å². The number of nitrogen functional groups attached to an aromatic ring is 2. The summed E-state index contributed by atoms with van der Waals surface area (Å²) in [4.78, 5) is 0. The third kappa shape index (κ3) is 4.34. The van der Waals surface area contributed by atoms with Gasteiger partial charge in [-0.2, -0.15) is 0 Å². The Labute approximate surface area is 115 Å². The third-order valence-electron chi connectivity index (χ3n) is 3.34. The second-order valence-electron chi connectivity index (χ2n) is 5.27. The molecule has 2 rings (SSSR count). The number of anilines is 2. The van der Waals surface area contributed by atoms with E-state index in [0.717, 1.165) is 22.6 Å². The zero-order chi connectivity index (χ0) is 14.6. The first-order valence-corrected chi connectivity index (χ1v) is 6.29. The lowest BCUT2D eigenvalue weighted by Crippen LogP contribution is -2.42. The van der Waals surface area contributed by atoms with E-state index in [4.69, 9.17) is 22.9 Å². The molecule has 0 fully saturated rings. The van der Waals surface area contributed by atoms with Crippen molar-refractivity contribution < 1.29 is 0 Å². The van der Waals surface area contributed by atoms with E-state index in [1.807, 2.05) is 44.2 Å². The normalized spacial score (nSPS) is 25.3. The summed E-state index contributed by atoms with van der Waals surface area (Å²) in [5.41, 5.74) is 25.5. The largest absolute Gasteiger partial charge is 0.399 e. The van der Waals surface area contributed by atoms with Gasteiger partial charge in [0.25, 0.3) is 0 Å². The van der Waals surface area contributed by atoms with E-state index < -0.39 is 0 Å². The zero-order valence-corrected chi connectivity index (χ0v) is 11.9. The number of hydrogen-bond acceptors (Lipinski definition) is 4. The first-order chi connectivity index (χ1) is 8.72. The van der Waals surface area contributed by atoms with Gasteiger partial charge in [-0.3, -0.25) is 0 Å². The van der Waals surface area contributed by atoms with Crippen LogP contribution >= 0.6 is 0 Å². The highest BCUT2D eigenvalue weighted by Gasteiger charge is 2.24. The van der Waals surface area contributed by atoms with Crippen LogP contribution in [0, 0.1) is 12.8 Å². The predicted octanol–water partition coefficient (Wildman–Crippen LogP) is 1.91. The van der Waals surface area contributed by atoms with Crippen molar-refractivity contribution in [1.29, 1.82) is 0 Å². The van der Waals surface area contributed by atoms with Crippen LogP contribution in [0.25, 0.3) is 0 Å². The van der Waals surface area contributed by atoms with E-state index in [9.17, 15) is 0 Å². The Bertz CT molecular complexity index is 501. The van der Waals surface area contributed by atoms with Gasteiger partial charge in [0, 0.05) is 22.6 Å². The van der Waals surface area contributed by atoms with Gasteiger partial charge in [-0.05, 0) is 49.6 Å². The van der Waals surface area contributed by atoms with Crippen molar-refractivity contribution in [1.82, 2.24) is 0 Å². The molecule has 1 aliphatic carbocycles. The number of aryl methyl sites for hydroxylation is 1. The molecule has 8 N–H and O–H groups in total. The SMILES string of the molecule is CC1C=CC(N)=CC1(C)N.Cc1ccc(N)cc1N. The van der Waals surface area contributed by atoms with Gasteiger partial charge in [0.15, 0.2) is 0 Å². The highest BCUT2D eigenvalue weighted by atomic mass is 14.7. The number of benzene rings is 1. The minimum absolute atomic E-state index is 0.265. The van der Waals surface area contributed by atoms with Crippen LogP contribution in [0.1, 0.15) is 19.4 Å². The van der Waals surface area contributed by atoms with Gasteiger partial charge >= 0.3 is 0 Å². The van der Waals surface area contributed by atoms with Crippen LogP contribution in [0.4, 0.5) is 11.4 Å². The average Bonchev–Trinajstić information content (AvgIpc) is 2.30. The molecule has 0 spiro atoms. The summed E-state index contributed by atoms with van der Waals surface area (Å²) < 4.78 is 0. The quantitative estimate of drug-likeness (QED) is 0.535. The molecule has 0 radical (unpaired) electrons. The van der Waals surface area contributed by atoms with E-state index in [1.165, 1.54) is 0 Å². The van der Waals surface area contributed by atoms with Gasteiger partial charge in [-0.1, -0.05) is 19.1 Å². The molecule has 19 heavy (non-hydrogen) atoms. The fourth-order valence-electron chi connectivity index (χ4n) is 1.66. The minimum Gasteiger partial charge on any atom is -0.399 e. The van der Waals surface area contributed by atoms with Gasteiger partial charge in [0.1, 0.15) is 0 Å². The van der Waals surface area contributed by atoms with Crippen LogP contribution in [0.5, 0.6) is 0 Å². The van der Waals surface area contributed by atoms with Gasteiger partial charge in [0.05, 0.1) is 0 Å². The Morgan fingerprint density at radius 2 is 1.79 bits per heavy atom. The number of hydrogen-bond donors (Lipinski definition) is 4. The molecule has 0 saturated carbocycles. The van der Waals surface area contributed by atoms with Crippen LogP contribution in [0.2, 0.25) is 0 Å². The molecule has 0 bridgehead atoms. The lowest BCUT2D eigenvalue weighted by molar-refractivity contribution is 0.452.